The fourth-order valence-corrected chi connectivity index (χ4v) is 2.05. The van der Waals surface area contributed by atoms with Crippen molar-refractivity contribution in [3.8, 4) is 0 Å². The minimum Gasteiger partial charge on any atom is -0.316 e. The van der Waals surface area contributed by atoms with Crippen molar-refractivity contribution in [3.63, 3.8) is 0 Å². The molecule has 1 heterocycles. The molecular formula is C11H10O3. The fourth-order valence-electron chi connectivity index (χ4n) is 2.05. The summed E-state index contributed by atoms with van der Waals surface area (Å²) in [7, 11) is 0. The average Bonchev–Trinajstić information content (AvgIpc) is 2.16. The third-order valence-corrected chi connectivity index (χ3v) is 2.92. The highest BCUT2D eigenvalue weighted by Crippen LogP contribution is 2.37. The molecule has 1 fully saturated rings. The summed E-state index contributed by atoms with van der Waals surface area (Å²) >= 11 is 0. The maximum Gasteiger partial charge on any atom is 0.238 e. The maximum atomic E-state index is 12.0. The molecular weight excluding hydrogens is 180 g/mol. The minimum atomic E-state index is -0.936. The lowest BCUT2D eigenvalue weighted by atomic mass is 9.85. The highest BCUT2D eigenvalue weighted by atomic mass is 16.9. The summed E-state index contributed by atoms with van der Waals surface area (Å²) < 4.78 is 10.5. The van der Waals surface area contributed by atoms with Crippen molar-refractivity contribution in [1.29, 1.82) is 0 Å². The van der Waals surface area contributed by atoms with Gasteiger partial charge in [-0.15, -0.1) is 0 Å². The van der Waals surface area contributed by atoms with Crippen LogP contribution in [0.4, 0.5) is 0 Å². The van der Waals surface area contributed by atoms with Crippen LogP contribution in [0.5, 0.6) is 0 Å². The second-order valence-electron chi connectivity index (χ2n) is 3.65. The van der Waals surface area contributed by atoms with Crippen LogP contribution in [0.1, 0.15) is 22.3 Å². The van der Waals surface area contributed by atoms with Gasteiger partial charge in [-0.25, -0.2) is 0 Å². The third-order valence-electron chi connectivity index (χ3n) is 2.92. The summed E-state index contributed by atoms with van der Waals surface area (Å²) in [5.74, 6) is -0.959. The van der Waals surface area contributed by atoms with Gasteiger partial charge < -0.3 is 9.47 Å². The number of fused-ring (bicyclic) bond motifs is 1. The molecule has 1 aliphatic heterocycles. The number of carbonyl (C=O) groups excluding carboxylic acids is 1. The van der Waals surface area contributed by atoms with Crippen molar-refractivity contribution >= 4 is 5.78 Å². The maximum absolute atomic E-state index is 12.0. The monoisotopic (exact) mass is 190 g/mol. The van der Waals surface area contributed by atoms with E-state index < -0.39 is 5.79 Å². The van der Waals surface area contributed by atoms with Crippen LogP contribution in [0.25, 0.3) is 0 Å². The molecule has 1 aromatic rings. The Morgan fingerprint density at radius 3 is 2.71 bits per heavy atom. The third kappa shape index (κ3) is 0.910. The summed E-state index contributed by atoms with van der Waals surface area (Å²) in [6.07, 6.45) is 1.49. The lowest BCUT2D eigenvalue weighted by Gasteiger charge is -2.42. The first-order chi connectivity index (χ1) is 6.82. The lowest BCUT2D eigenvalue weighted by Crippen LogP contribution is -2.55. The summed E-state index contributed by atoms with van der Waals surface area (Å²) in [5.41, 5.74) is 1.85. The summed E-state index contributed by atoms with van der Waals surface area (Å²) in [4.78, 5) is 12.0. The molecule has 0 amide bonds. The Morgan fingerprint density at radius 1 is 1.21 bits per heavy atom. The Balaban J connectivity index is 2.07. The number of benzene rings is 1. The summed E-state index contributed by atoms with van der Waals surface area (Å²) in [6, 6.07) is 7.64. The predicted octanol–water partition coefficient (Wildman–Crippen LogP) is 1.52. The van der Waals surface area contributed by atoms with Gasteiger partial charge in [0.05, 0.1) is 0 Å². The number of hydrogen-bond acceptors (Lipinski definition) is 3. The van der Waals surface area contributed by atoms with E-state index in [-0.39, 0.29) is 12.6 Å². The summed E-state index contributed by atoms with van der Waals surface area (Å²) in [6.45, 7) is 0.244. The van der Waals surface area contributed by atoms with Crippen LogP contribution in [0.15, 0.2) is 24.3 Å². The Hall–Kier alpha value is -1.19. The van der Waals surface area contributed by atoms with E-state index in [0.29, 0.717) is 6.42 Å². The SMILES string of the molecule is O=C1c2ccccc2CCC12OCO2. The molecule has 1 aliphatic carbocycles. The van der Waals surface area contributed by atoms with Crippen molar-refractivity contribution in [3.05, 3.63) is 35.4 Å². The van der Waals surface area contributed by atoms with Crippen LogP contribution >= 0.6 is 0 Å². The minimum absolute atomic E-state index is 0.0226. The van der Waals surface area contributed by atoms with Gasteiger partial charge in [-0.2, -0.15) is 0 Å². The van der Waals surface area contributed by atoms with Crippen molar-refractivity contribution in [2.75, 3.05) is 6.79 Å². The lowest BCUT2D eigenvalue weighted by molar-refractivity contribution is -0.368. The van der Waals surface area contributed by atoms with E-state index in [2.05, 4.69) is 0 Å². The largest absolute Gasteiger partial charge is 0.316 e. The van der Waals surface area contributed by atoms with Crippen LogP contribution in [-0.2, 0) is 15.9 Å². The van der Waals surface area contributed by atoms with Crippen molar-refractivity contribution in [2.45, 2.75) is 18.6 Å². The van der Waals surface area contributed by atoms with Gasteiger partial charge in [-0.05, 0) is 12.0 Å². The number of carbonyl (C=O) groups is 1. The molecule has 72 valence electrons. The second-order valence-corrected chi connectivity index (χ2v) is 3.65. The topological polar surface area (TPSA) is 35.5 Å². The molecule has 0 bridgehead atoms. The Morgan fingerprint density at radius 2 is 2.00 bits per heavy atom. The highest BCUT2D eigenvalue weighted by molar-refractivity contribution is 6.04. The molecule has 0 unspecified atom stereocenters. The second kappa shape index (κ2) is 2.65. The normalized spacial score (nSPS) is 23.0. The highest BCUT2D eigenvalue weighted by Gasteiger charge is 2.50. The van der Waals surface area contributed by atoms with Gasteiger partial charge in [0.1, 0.15) is 0 Å². The molecule has 1 spiro atoms. The van der Waals surface area contributed by atoms with Crippen molar-refractivity contribution in [1.82, 2.24) is 0 Å². The number of ether oxygens (including phenoxy) is 2. The first kappa shape index (κ1) is 8.15. The van der Waals surface area contributed by atoms with E-state index in [1.807, 2.05) is 24.3 Å². The van der Waals surface area contributed by atoms with Crippen LogP contribution < -0.4 is 0 Å². The van der Waals surface area contributed by atoms with Gasteiger partial charge in [0, 0.05) is 12.0 Å². The molecule has 0 saturated carbocycles. The van der Waals surface area contributed by atoms with Crippen LogP contribution in [0, 0.1) is 0 Å². The van der Waals surface area contributed by atoms with Gasteiger partial charge in [0.15, 0.2) is 6.79 Å². The van der Waals surface area contributed by atoms with E-state index in [1.54, 1.807) is 0 Å². The quantitative estimate of drug-likeness (QED) is 0.622. The zero-order valence-corrected chi connectivity index (χ0v) is 7.66. The number of aryl methyl sites for hydroxylation is 1. The Labute approximate surface area is 81.6 Å². The number of Topliss-reactive ketones (excluding diaryl/α,β-unsaturated/α-hetero) is 1. The molecule has 14 heavy (non-hydrogen) atoms. The molecule has 0 radical (unpaired) electrons. The van der Waals surface area contributed by atoms with Gasteiger partial charge in [-0.1, -0.05) is 24.3 Å². The first-order valence-corrected chi connectivity index (χ1v) is 4.72. The summed E-state index contributed by atoms with van der Waals surface area (Å²) in [5, 5.41) is 0. The van der Waals surface area contributed by atoms with Crippen molar-refractivity contribution in [2.24, 2.45) is 0 Å². The van der Waals surface area contributed by atoms with Gasteiger partial charge in [-0.3, -0.25) is 4.79 Å². The zero-order chi connectivity index (χ0) is 9.60. The molecule has 3 nitrogen and oxygen atoms in total. The van der Waals surface area contributed by atoms with E-state index in [1.165, 1.54) is 0 Å². The number of ketones is 1. The molecule has 2 aliphatic rings. The van der Waals surface area contributed by atoms with Crippen LogP contribution in [0.3, 0.4) is 0 Å². The van der Waals surface area contributed by atoms with E-state index in [0.717, 1.165) is 17.5 Å². The van der Waals surface area contributed by atoms with E-state index >= 15 is 0 Å². The average molecular weight is 190 g/mol. The van der Waals surface area contributed by atoms with E-state index in [4.69, 9.17) is 9.47 Å². The van der Waals surface area contributed by atoms with Gasteiger partial charge in [0.2, 0.25) is 11.6 Å². The molecule has 0 aromatic heterocycles. The van der Waals surface area contributed by atoms with Gasteiger partial charge in [0.25, 0.3) is 0 Å². The van der Waals surface area contributed by atoms with Crippen LogP contribution in [-0.4, -0.2) is 18.4 Å². The smallest absolute Gasteiger partial charge is 0.238 e. The zero-order valence-electron chi connectivity index (χ0n) is 7.66. The number of rotatable bonds is 0. The Bertz CT molecular complexity index is 393. The molecule has 3 heteroatoms. The standard InChI is InChI=1S/C11H10O3/c12-10-9-4-2-1-3-8(9)5-6-11(10)13-7-14-11/h1-4H,5-7H2. The molecule has 0 atom stereocenters. The van der Waals surface area contributed by atoms with Crippen LogP contribution in [0.2, 0.25) is 0 Å². The molecule has 0 N–H and O–H groups in total. The molecule has 3 rings (SSSR count). The molecule has 1 aromatic carbocycles. The number of hydrogen-bond donors (Lipinski definition) is 0. The first-order valence-electron chi connectivity index (χ1n) is 4.72. The van der Waals surface area contributed by atoms with Crippen molar-refractivity contribution < 1.29 is 14.3 Å². The fraction of sp³-hybridized carbons (Fsp3) is 0.364. The predicted molar refractivity (Wildman–Crippen MR) is 48.9 cm³/mol. The van der Waals surface area contributed by atoms with E-state index in [9.17, 15) is 4.79 Å². The molecule has 1 saturated heterocycles. The van der Waals surface area contributed by atoms with Gasteiger partial charge >= 0.3 is 0 Å². The Kier molecular flexibility index (Phi) is 1.54.